The van der Waals surface area contributed by atoms with Crippen molar-refractivity contribution < 1.29 is 0 Å². The molecule has 0 radical (unpaired) electrons. The molecule has 1 aliphatic carbocycles. The van der Waals surface area contributed by atoms with Crippen LogP contribution in [0.15, 0.2) is 22.7 Å². The zero-order chi connectivity index (χ0) is 14.0. The van der Waals surface area contributed by atoms with Crippen LogP contribution in [-0.2, 0) is 0 Å². The molecule has 4 heteroatoms. The lowest BCUT2D eigenvalue weighted by Gasteiger charge is -2.36. The standard InChI is InChI=1S/C15H21BrN2S/c1-15(2)7-3-4-11(9-15)18-13-6-5-10(16)8-12(13)14(17)19/h5-6,8,11,18H,3-4,7,9H2,1-2H3,(H2,17,19). The van der Waals surface area contributed by atoms with Gasteiger partial charge in [-0.3, -0.25) is 0 Å². The van der Waals surface area contributed by atoms with Crippen molar-refractivity contribution in [2.75, 3.05) is 5.32 Å². The predicted molar refractivity (Wildman–Crippen MR) is 89.7 cm³/mol. The van der Waals surface area contributed by atoms with Crippen LogP contribution in [0.3, 0.4) is 0 Å². The topological polar surface area (TPSA) is 38.0 Å². The highest BCUT2D eigenvalue weighted by Gasteiger charge is 2.28. The summed E-state index contributed by atoms with van der Waals surface area (Å²) in [5.41, 5.74) is 8.22. The van der Waals surface area contributed by atoms with E-state index in [0.717, 1.165) is 15.7 Å². The third kappa shape index (κ3) is 3.93. The first kappa shape index (κ1) is 14.8. The maximum absolute atomic E-state index is 5.81. The molecule has 1 fully saturated rings. The van der Waals surface area contributed by atoms with E-state index in [4.69, 9.17) is 18.0 Å². The molecular weight excluding hydrogens is 320 g/mol. The van der Waals surface area contributed by atoms with E-state index >= 15 is 0 Å². The van der Waals surface area contributed by atoms with Crippen LogP contribution < -0.4 is 11.1 Å². The first-order chi connectivity index (χ1) is 8.87. The lowest BCUT2D eigenvalue weighted by Crippen LogP contribution is -2.32. The third-order valence-corrected chi connectivity index (χ3v) is 4.52. The fourth-order valence-electron chi connectivity index (χ4n) is 2.89. The normalized spacial score (nSPS) is 21.9. The van der Waals surface area contributed by atoms with Crippen molar-refractivity contribution in [3.05, 3.63) is 28.2 Å². The van der Waals surface area contributed by atoms with Gasteiger partial charge in [0.25, 0.3) is 0 Å². The molecule has 0 saturated heterocycles. The van der Waals surface area contributed by atoms with Gasteiger partial charge in [-0.2, -0.15) is 0 Å². The minimum absolute atomic E-state index is 0.425. The van der Waals surface area contributed by atoms with Crippen molar-refractivity contribution in [2.45, 2.75) is 45.6 Å². The Morgan fingerprint density at radius 1 is 1.47 bits per heavy atom. The van der Waals surface area contributed by atoms with Crippen LogP contribution in [0, 0.1) is 5.41 Å². The van der Waals surface area contributed by atoms with Gasteiger partial charge in [0, 0.05) is 21.8 Å². The zero-order valence-electron chi connectivity index (χ0n) is 11.5. The Morgan fingerprint density at radius 3 is 2.84 bits per heavy atom. The van der Waals surface area contributed by atoms with E-state index in [2.05, 4.69) is 41.2 Å². The molecule has 0 aromatic heterocycles. The molecule has 1 atom stereocenters. The van der Waals surface area contributed by atoms with E-state index in [1.54, 1.807) is 0 Å². The molecule has 0 aliphatic heterocycles. The van der Waals surface area contributed by atoms with Gasteiger partial charge in [-0.1, -0.05) is 48.4 Å². The highest BCUT2D eigenvalue weighted by molar-refractivity contribution is 9.10. The maximum Gasteiger partial charge on any atom is 0.106 e. The Balaban J connectivity index is 2.17. The quantitative estimate of drug-likeness (QED) is 0.797. The number of thiocarbonyl (C=S) groups is 1. The molecule has 1 aliphatic rings. The predicted octanol–water partition coefficient (Wildman–Crippen LogP) is 4.46. The summed E-state index contributed by atoms with van der Waals surface area (Å²) >= 11 is 8.60. The zero-order valence-corrected chi connectivity index (χ0v) is 13.9. The van der Waals surface area contributed by atoms with Gasteiger partial charge < -0.3 is 11.1 Å². The van der Waals surface area contributed by atoms with Crippen LogP contribution >= 0.6 is 28.1 Å². The molecule has 2 nitrogen and oxygen atoms in total. The average Bonchev–Trinajstić information content (AvgIpc) is 2.30. The summed E-state index contributed by atoms with van der Waals surface area (Å²) in [5.74, 6) is 0. The smallest absolute Gasteiger partial charge is 0.106 e. The van der Waals surface area contributed by atoms with E-state index in [0.29, 0.717) is 16.4 Å². The molecule has 0 bridgehead atoms. The van der Waals surface area contributed by atoms with Crippen molar-refractivity contribution in [3.8, 4) is 0 Å². The number of nitrogens with one attached hydrogen (secondary N) is 1. The highest BCUT2D eigenvalue weighted by atomic mass is 79.9. The van der Waals surface area contributed by atoms with Crippen LogP contribution in [0.4, 0.5) is 5.69 Å². The third-order valence-electron chi connectivity index (χ3n) is 3.81. The second-order valence-corrected chi connectivity index (χ2v) is 7.51. The van der Waals surface area contributed by atoms with Gasteiger partial charge >= 0.3 is 0 Å². The molecular formula is C15H21BrN2S. The molecule has 104 valence electrons. The SMILES string of the molecule is CC1(C)CCCC(Nc2ccc(Br)cc2C(N)=S)C1. The summed E-state index contributed by atoms with van der Waals surface area (Å²) < 4.78 is 1.00. The van der Waals surface area contributed by atoms with Crippen molar-refractivity contribution in [3.63, 3.8) is 0 Å². The Hall–Kier alpha value is -0.610. The average molecular weight is 341 g/mol. The lowest BCUT2D eigenvalue weighted by molar-refractivity contribution is 0.229. The van der Waals surface area contributed by atoms with Crippen molar-refractivity contribution in [1.82, 2.24) is 0 Å². The second kappa shape index (κ2) is 5.80. The fourth-order valence-corrected chi connectivity index (χ4v) is 3.42. The van der Waals surface area contributed by atoms with Crippen molar-refractivity contribution >= 4 is 38.8 Å². The summed E-state index contributed by atoms with van der Waals surface area (Å²) in [6.45, 7) is 4.69. The second-order valence-electron chi connectivity index (χ2n) is 6.16. The van der Waals surface area contributed by atoms with Gasteiger partial charge in [0.15, 0.2) is 0 Å². The first-order valence-electron chi connectivity index (χ1n) is 6.73. The molecule has 0 amide bonds. The summed E-state index contributed by atoms with van der Waals surface area (Å²) in [4.78, 5) is 0.443. The van der Waals surface area contributed by atoms with Crippen molar-refractivity contribution in [1.29, 1.82) is 0 Å². The van der Waals surface area contributed by atoms with E-state index in [1.165, 1.54) is 25.7 Å². The van der Waals surface area contributed by atoms with E-state index in [1.807, 2.05) is 12.1 Å². The van der Waals surface area contributed by atoms with Gasteiger partial charge in [0.05, 0.1) is 0 Å². The molecule has 0 heterocycles. The highest BCUT2D eigenvalue weighted by Crippen LogP contribution is 2.36. The lowest BCUT2D eigenvalue weighted by atomic mass is 9.75. The van der Waals surface area contributed by atoms with E-state index in [-0.39, 0.29) is 0 Å². The van der Waals surface area contributed by atoms with Crippen LogP contribution in [0.25, 0.3) is 0 Å². The van der Waals surface area contributed by atoms with Crippen LogP contribution in [-0.4, -0.2) is 11.0 Å². The number of hydrogen-bond acceptors (Lipinski definition) is 2. The number of nitrogens with two attached hydrogens (primary N) is 1. The van der Waals surface area contributed by atoms with Gasteiger partial charge in [0.2, 0.25) is 0 Å². The Morgan fingerprint density at radius 2 is 2.21 bits per heavy atom. The largest absolute Gasteiger partial charge is 0.389 e. The van der Waals surface area contributed by atoms with E-state index < -0.39 is 0 Å². The van der Waals surface area contributed by atoms with Crippen molar-refractivity contribution in [2.24, 2.45) is 11.1 Å². The van der Waals surface area contributed by atoms with Gasteiger partial charge in [0.1, 0.15) is 4.99 Å². The Bertz CT molecular complexity index is 485. The molecule has 1 saturated carbocycles. The molecule has 1 aromatic carbocycles. The van der Waals surface area contributed by atoms with Gasteiger partial charge in [-0.15, -0.1) is 0 Å². The van der Waals surface area contributed by atoms with Crippen LogP contribution in [0.1, 0.15) is 45.1 Å². The molecule has 19 heavy (non-hydrogen) atoms. The number of halogens is 1. The molecule has 2 rings (SSSR count). The summed E-state index contributed by atoms with van der Waals surface area (Å²) in [7, 11) is 0. The minimum atomic E-state index is 0.425. The van der Waals surface area contributed by atoms with Gasteiger partial charge in [-0.05, 0) is 42.9 Å². The Kier molecular flexibility index (Phi) is 4.51. The molecule has 0 spiro atoms. The van der Waals surface area contributed by atoms with Crippen LogP contribution in [0.5, 0.6) is 0 Å². The molecule has 1 aromatic rings. The maximum atomic E-state index is 5.81. The number of hydrogen-bond donors (Lipinski definition) is 2. The van der Waals surface area contributed by atoms with E-state index in [9.17, 15) is 0 Å². The monoisotopic (exact) mass is 340 g/mol. The molecule has 3 N–H and O–H groups in total. The first-order valence-corrected chi connectivity index (χ1v) is 7.93. The van der Waals surface area contributed by atoms with Gasteiger partial charge in [-0.25, -0.2) is 0 Å². The molecule has 1 unspecified atom stereocenters. The number of anilines is 1. The minimum Gasteiger partial charge on any atom is -0.389 e. The summed E-state index contributed by atoms with van der Waals surface area (Å²) in [5, 5.41) is 3.63. The van der Waals surface area contributed by atoms with Crippen LogP contribution in [0.2, 0.25) is 0 Å². The fraction of sp³-hybridized carbons (Fsp3) is 0.533. The number of benzene rings is 1. The Labute approximate surface area is 129 Å². The summed E-state index contributed by atoms with van der Waals surface area (Å²) in [6, 6.07) is 6.58. The summed E-state index contributed by atoms with van der Waals surface area (Å²) in [6.07, 6.45) is 5.01. The number of rotatable bonds is 3.